The molecule has 1 rings (SSSR count). The fourth-order valence-corrected chi connectivity index (χ4v) is 1.75. The van der Waals surface area contributed by atoms with Gasteiger partial charge >= 0.3 is 0 Å². The minimum atomic E-state index is 0.145. The maximum absolute atomic E-state index is 5.76. The van der Waals surface area contributed by atoms with Crippen molar-refractivity contribution in [3.63, 3.8) is 0 Å². The van der Waals surface area contributed by atoms with Crippen molar-refractivity contribution in [3.05, 3.63) is 0 Å². The minimum Gasteiger partial charge on any atom is -0.329 e. The molecule has 1 saturated carbocycles. The lowest BCUT2D eigenvalue weighted by molar-refractivity contribution is 0.232. The maximum Gasteiger partial charge on any atom is 0.0292 e. The van der Waals surface area contributed by atoms with Crippen molar-refractivity contribution in [2.45, 2.75) is 31.7 Å². The van der Waals surface area contributed by atoms with Crippen LogP contribution in [0.3, 0.4) is 0 Å². The topological polar surface area (TPSA) is 55.3 Å². The van der Waals surface area contributed by atoms with Crippen molar-refractivity contribution in [2.75, 3.05) is 26.7 Å². The highest BCUT2D eigenvalue weighted by atomic mass is 15.1. The highest BCUT2D eigenvalue weighted by Gasteiger charge is 2.17. The number of likely N-dealkylation sites (N-methyl/N-ethyl adjacent to an activating group) is 1. The molecule has 0 aliphatic heterocycles. The van der Waals surface area contributed by atoms with E-state index in [1.165, 1.54) is 32.2 Å². The Balaban J connectivity index is 1.99. The first kappa shape index (κ1) is 11.0. The Morgan fingerprint density at radius 1 is 1.46 bits per heavy atom. The van der Waals surface area contributed by atoms with E-state index in [0.717, 1.165) is 12.5 Å². The summed E-state index contributed by atoms with van der Waals surface area (Å²) in [6, 6.07) is 0.145. The van der Waals surface area contributed by atoms with Gasteiger partial charge in [0, 0.05) is 19.1 Å². The first-order valence-corrected chi connectivity index (χ1v) is 5.36. The summed E-state index contributed by atoms with van der Waals surface area (Å²) in [6.07, 6.45) is 5.66. The third-order valence-corrected chi connectivity index (χ3v) is 2.99. The fourth-order valence-electron chi connectivity index (χ4n) is 1.75. The van der Waals surface area contributed by atoms with Gasteiger partial charge in [0.05, 0.1) is 0 Å². The van der Waals surface area contributed by atoms with Crippen LogP contribution in [0.2, 0.25) is 0 Å². The smallest absolute Gasteiger partial charge is 0.0292 e. The van der Waals surface area contributed by atoms with Crippen LogP contribution in [0.5, 0.6) is 0 Å². The van der Waals surface area contributed by atoms with Crippen LogP contribution in [-0.4, -0.2) is 37.6 Å². The van der Waals surface area contributed by atoms with Crippen molar-refractivity contribution in [1.82, 2.24) is 4.90 Å². The van der Waals surface area contributed by atoms with Gasteiger partial charge in [-0.25, -0.2) is 0 Å². The van der Waals surface area contributed by atoms with E-state index in [9.17, 15) is 0 Å². The molecule has 1 unspecified atom stereocenters. The maximum atomic E-state index is 5.76. The van der Waals surface area contributed by atoms with Gasteiger partial charge in [0.15, 0.2) is 0 Å². The molecule has 0 saturated heterocycles. The summed E-state index contributed by atoms with van der Waals surface area (Å²) in [6.45, 7) is 2.70. The van der Waals surface area contributed by atoms with Crippen LogP contribution in [0.4, 0.5) is 0 Å². The lowest BCUT2D eigenvalue weighted by Crippen LogP contribution is -2.41. The first-order valence-electron chi connectivity index (χ1n) is 5.36. The van der Waals surface area contributed by atoms with Gasteiger partial charge < -0.3 is 16.4 Å². The second kappa shape index (κ2) is 5.58. The zero-order valence-corrected chi connectivity index (χ0v) is 8.71. The lowest BCUT2D eigenvalue weighted by Gasteiger charge is -2.28. The zero-order valence-electron chi connectivity index (χ0n) is 8.71. The zero-order chi connectivity index (χ0) is 9.68. The van der Waals surface area contributed by atoms with Crippen LogP contribution >= 0.6 is 0 Å². The standard InChI is InChI=1S/C10H23N3/c1-13(8-10(12)7-11)6-5-9-3-2-4-9/h9-10H,2-8,11-12H2,1H3. The molecule has 0 spiro atoms. The summed E-state index contributed by atoms with van der Waals surface area (Å²) in [4.78, 5) is 2.30. The highest BCUT2D eigenvalue weighted by molar-refractivity contribution is 4.72. The number of nitrogens with zero attached hydrogens (tertiary/aromatic N) is 1. The first-order chi connectivity index (χ1) is 6.22. The summed E-state index contributed by atoms with van der Waals surface area (Å²) in [5.74, 6) is 0.997. The quantitative estimate of drug-likeness (QED) is 0.629. The molecule has 0 amide bonds. The average molecular weight is 185 g/mol. The Labute approximate surface area is 81.5 Å². The molecular formula is C10H23N3. The monoisotopic (exact) mass is 185 g/mol. The van der Waals surface area contributed by atoms with E-state index < -0.39 is 0 Å². The SMILES string of the molecule is CN(CCC1CCC1)CC(N)CN. The third-order valence-electron chi connectivity index (χ3n) is 2.99. The van der Waals surface area contributed by atoms with Gasteiger partial charge in [0.25, 0.3) is 0 Å². The fraction of sp³-hybridized carbons (Fsp3) is 1.00. The average Bonchev–Trinajstić information content (AvgIpc) is 2.01. The van der Waals surface area contributed by atoms with Gasteiger partial charge in [-0.1, -0.05) is 19.3 Å². The lowest BCUT2D eigenvalue weighted by atomic mass is 9.83. The summed E-state index contributed by atoms with van der Waals surface area (Å²) >= 11 is 0. The predicted molar refractivity (Wildman–Crippen MR) is 56.5 cm³/mol. The molecule has 0 bridgehead atoms. The molecule has 4 N–H and O–H groups in total. The van der Waals surface area contributed by atoms with Gasteiger partial charge in [0.2, 0.25) is 0 Å². The third kappa shape index (κ3) is 4.07. The van der Waals surface area contributed by atoms with E-state index >= 15 is 0 Å². The Hall–Kier alpha value is -0.120. The molecule has 1 atom stereocenters. The Morgan fingerprint density at radius 3 is 2.62 bits per heavy atom. The predicted octanol–water partition coefficient (Wildman–Crippen LogP) is 0.394. The van der Waals surface area contributed by atoms with Crippen LogP contribution in [0.15, 0.2) is 0 Å². The van der Waals surface area contributed by atoms with Gasteiger partial charge in [-0.05, 0) is 25.9 Å². The molecule has 0 heterocycles. The van der Waals surface area contributed by atoms with Gasteiger partial charge in [-0.15, -0.1) is 0 Å². The summed E-state index contributed by atoms with van der Waals surface area (Å²) < 4.78 is 0. The second-order valence-electron chi connectivity index (χ2n) is 4.34. The van der Waals surface area contributed by atoms with E-state index in [4.69, 9.17) is 11.5 Å². The summed E-state index contributed by atoms with van der Waals surface area (Å²) in [5.41, 5.74) is 11.2. The van der Waals surface area contributed by atoms with Crippen LogP contribution in [0, 0.1) is 5.92 Å². The van der Waals surface area contributed by atoms with Gasteiger partial charge in [-0.2, -0.15) is 0 Å². The van der Waals surface area contributed by atoms with Crippen molar-refractivity contribution >= 4 is 0 Å². The largest absolute Gasteiger partial charge is 0.329 e. The molecule has 0 aromatic rings. The van der Waals surface area contributed by atoms with Crippen LogP contribution in [0.1, 0.15) is 25.7 Å². The molecule has 1 aliphatic carbocycles. The Kier molecular flexibility index (Phi) is 4.70. The minimum absolute atomic E-state index is 0.145. The van der Waals surface area contributed by atoms with Gasteiger partial charge in [0.1, 0.15) is 0 Å². The molecule has 13 heavy (non-hydrogen) atoms. The van der Waals surface area contributed by atoms with Crippen molar-refractivity contribution < 1.29 is 0 Å². The molecule has 3 heteroatoms. The van der Waals surface area contributed by atoms with Crippen LogP contribution in [-0.2, 0) is 0 Å². The number of rotatable bonds is 6. The van der Waals surface area contributed by atoms with E-state index in [2.05, 4.69) is 11.9 Å². The van der Waals surface area contributed by atoms with E-state index in [1.807, 2.05) is 0 Å². The van der Waals surface area contributed by atoms with Crippen molar-refractivity contribution in [3.8, 4) is 0 Å². The molecule has 1 aliphatic rings. The Bertz CT molecular complexity index is 134. The molecular weight excluding hydrogens is 162 g/mol. The van der Waals surface area contributed by atoms with Crippen LogP contribution in [0.25, 0.3) is 0 Å². The van der Waals surface area contributed by atoms with Crippen molar-refractivity contribution in [2.24, 2.45) is 17.4 Å². The number of nitrogens with two attached hydrogens (primary N) is 2. The normalized spacial score (nSPS) is 20.3. The molecule has 3 nitrogen and oxygen atoms in total. The summed E-state index contributed by atoms with van der Waals surface area (Å²) in [7, 11) is 2.13. The highest BCUT2D eigenvalue weighted by Crippen LogP contribution is 2.29. The van der Waals surface area contributed by atoms with Crippen LogP contribution < -0.4 is 11.5 Å². The molecule has 0 radical (unpaired) electrons. The molecule has 1 fully saturated rings. The molecule has 0 aromatic carbocycles. The molecule has 78 valence electrons. The second-order valence-corrected chi connectivity index (χ2v) is 4.34. The number of hydrogen-bond donors (Lipinski definition) is 2. The van der Waals surface area contributed by atoms with Crippen molar-refractivity contribution in [1.29, 1.82) is 0 Å². The summed E-state index contributed by atoms with van der Waals surface area (Å²) in [5, 5.41) is 0. The van der Waals surface area contributed by atoms with Gasteiger partial charge in [-0.3, -0.25) is 0 Å². The van der Waals surface area contributed by atoms with E-state index in [0.29, 0.717) is 6.54 Å². The van der Waals surface area contributed by atoms with E-state index in [1.54, 1.807) is 0 Å². The Morgan fingerprint density at radius 2 is 2.15 bits per heavy atom. The molecule has 0 aromatic heterocycles. The van der Waals surface area contributed by atoms with E-state index in [-0.39, 0.29) is 6.04 Å². The number of hydrogen-bond acceptors (Lipinski definition) is 3.